The van der Waals surface area contributed by atoms with Crippen LogP contribution in [-0.2, 0) is 35.2 Å². The number of hydrogen-bond acceptors (Lipinski definition) is 0. The van der Waals surface area contributed by atoms with Crippen molar-refractivity contribution in [3.8, 4) is 0 Å². The molecule has 0 aromatic heterocycles. The molecule has 0 fully saturated rings. The van der Waals surface area contributed by atoms with Crippen LogP contribution in [0.1, 0.15) is 139 Å². The molecule has 2 aromatic carbocycles. The van der Waals surface area contributed by atoms with Gasteiger partial charge in [-0.2, -0.15) is 0 Å². The minimum atomic E-state index is 0. The Bertz CT molecular complexity index is 635. The molecule has 0 N–H and O–H groups in total. The summed E-state index contributed by atoms with van der Waals surface area (Å²) in [6, 6.07) is 13.6. The molecule has 0 saturated heterocycles. The SMILES string of the molecule is CCCc1c(C(C)C)cccc1C(C)C.CCCc1c(C(C)C)cccc1C(C)C.[Au].[CH3-].[CH3-]. The van der Waals surface area contributed by atoms with Crippen molar-refractivity contribution in [1.29, 1.82) is 0 Å². The van der Waals surface area contributed by atoms with E-state index in [2.05, 4.69) is 106 Å². The van der Waals surface area contributed by atoms with Crippen LogP contribution in [0.5, 0.6) is 0 Å². The summed E-state index contributed by atoms with van der Waals surface area (Å²) in [5, 5.41) is 0. The molecule has 195 valence electrons. The Morgan fingerprint density at radius 3 is 0.848 bits per heavy atom. The van der Waals surface area contributed by atoms with Gasteiger partial charge in [0.15, 0.2) is 0 Å². The Balaban J connectivity index is -0.000000500. The van der Waals surface area contributed by atoms with E-state index in [1.54, 1.807) is 33.4 Å². The summed E-state index contributed by atoms with van der Waals surface area (Å²) in [7, 11) is 0. The quantitative estimate of drug-likeness (QED) is 0.200. The molecule has 0 amide bonds. The van der Waals surface area contributed by atoms with Crippen molar-refractivity contribution in [2.24, 2.45) is 0 Å². The summed E-state index contributed by atoms with van der Waals surface area (Å²) in [4.78, 5) is 0. The maximum Gasteiger partial charge on any atom is 0 e. The molecule has 0 aliphatic heterocycles. The van der Waals surface area contributed by atoms with Crippen molar-refractivity contribution in [3.05, 3.63) is 84.6 Å². The van der Waals surface area contributed by atoms with Gasteiger partial charge in [-0.25, -0.2) is 0 Å². The Kier molecular flexibility index (Phi) is 20.6. The fraction of sp³-hybridized carbons (Fsp3) is 0.562. The molecule has 0 unspecified atom stereocenters. The first-order chi connectivity index (χ1) is 14.1. The standard InChI is InChI=1S/2C15H24.2CH3.Au/c2*1-6-8-15-13(11(2)3)9-7-10-14(15)12(4)5;;;/h2*7,9-12H,6,8H2,1-5H3;2*1H3;/q;;2*-1;. The molecule has 2 rings (SSSR count). The van der Waals surface area contributed by atoms with Crippen molar-refractivity contribution in [1.82, 2.24) is 0 Å². The van der Waals surface area contributed by atoms with Crippen LogP contribution in [0.3, 0.4) is 0 Å². The second-order valence-corrected chi connectivity index (χ2v) is 9.95. The second kappa shape index (κ2) is 18.5. The third-order valence-electron chi connectivity index (χ3n) is 5.99. The normalized spacial score (nSPS) is 10.4. The van der Waals surface area contributed by atoms with Crippen LogP contribution >= 0.6 is 0 Å². The van der Waals surface area contributed by atoms with E-state index in [9.17, 15) is 0 Å². The Morgan fingerprint density at radius 1 is 0.485 bits per heavy atom. The monoisotopic (exact) mass is 635 g/mol. The van der Waals surface area contributed by atoms with Gasteiger partial charge >= 0.3 is 0 Å². The molecule has 0 bridgehead atoms. The van der Waals surface area contributed by atoms with Gasteiger partial charge in [0.25, 0.3) is 0 Å². The third kappa shape index (κ3) is 11.0. The van der Waals surface area contributed by atoms with Crippen molar-refractivity contribution >= 4 is 0 Å². The van der Waals surface area contributed by atoms with Gasteiger partial charge in [0, 0.05) is 22.4 Å². The molecule has 0 aliphatic rings. The molecule has 0 spiro atoms. The van der Waals surface area contributed by atoms with Crippen LogP contribution in [0.4, 0.5) is 0 Å². The van der Waals surface area contributed by atoms with E-state index in [1.807, 2.05) is 0 Å². The number of benzene rings is 2. The van der Waals surface area contributed by atoms with Crippen LogP contribution < -0.4 is 0 Å². The van der Waals surface area contributed by atoms with Gasteiger partial charge < -0.3 is 14.9 Å². The van der Waals surface area contributed by atoms with E-state index in [0.29, 0.717) is 23.7 Å². The van der Waals surface area contributed by atoms with Crippen LogP contribution in [0.15, 0.2) is 36.4 Å². The summed E-state index contributed by atoms with van der Waals surface area (Å²) in [6.45, 7) is 22.9. The molecule has 0 heterocycles. The first-order valence-corrected chi connectivity index (χ1v) is 12.4. The first-order valence-electron chi connectivity index (χ1n) is 12.4. The molecule has 1 radical (unpaired) electrons. The van der Waals surface area contributed by atoms with E-state index in [1.165, 1.54) is 25.7 Å². The van der Waals surface area contributed by atoms with Gasteiger partial charge in [0.05, 0.1) is 0 Å². The van der Waals surface area contributed by atoms with E-state index >= 15 is 0 Å². The zero-order chi connectivity index (χ0) is 22.8. The summed E-state index contributed by atoms with van der Waals surface area (Å²) in [6.07, 6.45) is 4.93. The summed E-state index contributed by atoms with van der Waals surface area (Å²) in [5.74, 6) is 2.57. The predicted molar refractivity (Wildman–Crippen MR) is 150 cm³/mol. The number of hydrogen-bond donors (Lipinski definition) is 0. The molecular formula is C32H54Au-2. The van der Waals surface area contributed by atoms with Crippen LogP contribution in [0.25, 0.3) is 0 Å². The van der Waals surface area contributed by atoms with Gasteiger partial charge in [-0.1, -0.05) is 118 Å². The van der Waals surface area contributed by atoms with Gasteiger partial charge in [0.2, 0.25) is 0 Å². The molecule has 0 aliphatic carbocycles. The average molecular weight is 636 g/mol. The van der Waals surface area contributed by atoms with Gasteiger partial charge in [-0.05, 0) is 69.9 Å². The van der Waals surface area contributed by atoms with Crippen LogP contribution in [0.2, 0.25) is 0 Å². The van der Waals surface area contributed by atoms with Crippen LogP contribution in [0, 0.1) is 14.9 Å². The van der Waals surface area contributed by atoms with Crippen molar-refractivity contribution in [2.75, 3.05) is 0 Å². The maximum absolute atomic E-state index is 2.29. The van der Waals surface area contributed by atoms with E-state index in [0.717, 1.165) is 0 Å². The van der Waals surface area contributed by atoms with Crippen LogP contribution in [-0.4, -0.2) is 0 Å². The fourth-order valence-electron chi connectivity index (χ4n) is 4.49. The van der Waals surface area contributed by atoms with E-state index < -0.39 is 0 Å². The van der Waals surface area contributed by atoms with Gasteiger partial charge in [-0.15, -0.1) is 0 Å². The minimum absolute atomic E-state index is 0. The van der Waals surface area contributed by atoms with Gasteiger partial charge in [-0.3, -0.25) is 0 Å². The van der Waals surface area contributed by atoms with E-state index in [-0.39, 0.29) is 37.2 Å². The number of rotatable bonds is 8. The minimum Gasteiger partial charge on any atom is -0.358 e. The largest absolute Gasteiger partial charge is 0.358 e. The smallest absolute Gasteiger partial charge is 0 e. The van der Waals surface area contributed by atoms with Crippen molar-refractivity contribution < 1.29 is 22.4 Å². The Hall–Kier alpha value is -0.820. The molecule has 0 atom stereocenters. The summed E-state index contributed by atoms with van der Waals surface area (Å²) < 4.78 is 0. The average Bonchev–Trinajstić information content (AvgIpc) is 2.68. The second-order valence-electron chi connectivity index (χ2n) is 9.95. The maximum atomic E-state index is 2.29. The fourth-order valence-corrected chi connectivity index (χ4v) is 4.49. The van der Waals surface area contributed by atoms with Crippen molar-refractivity contribution in [3.63, 3.8) is 0 Å². The summed E-state index contributed by atoms with van der Waals surface area (Å²) in [5.41, 5.74) is 9.38. The molecule has 2 aromatic rings. The molecule has 33 heavy (non-hydrogen) atoms. The molecule has 0 nitrogen and oxygen atoms in total. The van der Waals surface area contributed by atoms with Crippen molar-refractivity contribution in [2.45, 2.75) is 119 Å². The topological polar surface area (TPSA) is 0 Å². The zero-order valence-corrected chi connectivity index (χ0v) is 26.1. The third-order valence-corrected chi connectivity index (χ3v) is 5.99. The summed E-state index contributed by atoms with van der Waals surface area (Å²) >= 11 is 0. The molecule has 0 saturated carbocycles. The Morgan fingerprint density at radius 2 is 0.697 bits per heavy atom. The Labute approximate surface area is 224 Å². The van der Waals surface area contributed by atoms with Gasteiger partial charge in [0.1, 0.15) is 0 Å². The molecular weight excluding hydrogens is 581 g/mol. The predicted octanol–water partition coefficient (Wildman–Crippen LogP) is 10.7. The molecule has 1 heteroatoms. The zero-order valence-electron chi connectivity index (χ0n) is 23.9. The van der Waals surface area contributed by atoms with E-state index in [4.69, 9.17) is 0 Å². The first kappa shape index (κ1) is 36.7.